The van der Waals surface area contributed by atoms with E-state index in [1.165, 1.54) is 23.5 Å². The first-order valence-corrected chi connectivity index (χ1v) is 9.55. The van der Waals surface area contributed by atoms with E-state index < -0.39 is 11.7 Å². The van der Waals surface area contributed by atoms with E-state index in [9.17, 15) is 18.0 Å². The molecule has 138 valence electrons. The maximum Gasteiger partial charge on any atom is 0.416 e. The zero-order chi connectivity index (χ0) is 19.4. The van der Waals surface area contributed by atoms with Crippen molar-refractivity contribution in [3.05, 3.63) is 62.8 Å². The van der Waals surface area contributed by atoms with Crippen molar-refractivity contribution < 1.29 is 18.0 Å². The average molecular weight is 406 g/mol. The molecule has 2 aromatic heterocycles. The average Bonchev–Trinajstić information content (AvgIpc) is 3.27. The molecule has 1 aromatic carbocycles. The van der Waals surface area contributed by atoms with Gasteiger partial charge in [0.25, 0.3) is 5.91 Å². The van der Waals surface area contributed by atoms with E-state index in [2.05, 4.69) is 22.1 Å². The van der Waals surface area contributed by atoms with Crippen molar-refractivity contribution in [2.24, 2.45) is 0 Å². The van der Waals surface area contributed by atoms with Gasteiger partial charge in [-0.15, -0.1) is 11.3 Å². The number of hydrogen-bond donors (Lipinski definition) is 1. The summed E-state index contributed by atoms with van der Waals surface area (Å²) in [6, 6.07) is 6.70. The summed E-state index contributed by atoms with van der Waals surface area (Å²) in [4.78, 5) is 17.2. The number of hydrogen-bond acceptors (Lipinski definition) is 4. The fraction of sp³-hybridized carbons (Fsp3) is 0.158. The van der Waals surface area contributed by atoms with Crippen molar-refractivity contribution in [3.8, 4) is 22.4 Å². The highest BCUT2D eigenvalue weighted by Gasteiger charge is 2.30. The molecule has 0 bridgehead atoms. The van der Waals surface area contributed by atoms with Crippen LogP contribution in [0.3, 0.4) is 0 Å². The normalized spacial score (nSPS) is 11.0. The van der Waals surface area contributed by atoms with Crippen LogP contribution in [0.1, 0.15) is 26.5 Å². The first kappa shape index (κ1) is 19.1. The second-order valence-corrected chi connectivity index (χ2v) is 7.29. The van der Waals surface area contributed by atoms with Gasteiger partial charge in [-0.25, -0.2) is 4.98 Å². The lowest BCUT2D eigenvalue weighted by Crippen LogP contribution is -2.23. The minimum absolute atomic E-state index is 0.0280. The first-order valence-electron chi connectivity index (χ1n) is 7.79. The number of benzene rings is 1. The van der Waals surface area contributed by atoms with Gasteiger partial charge < -0.3 is 5.32 Å². The van der Waals surface area contributed by atoms with Gasteiger partial charge in [0.05, 0.1) is 17.8 Å². The molecule has 3 rings (SSSR count). The molecule has 2 heterocycles. The third kappa shape index (κ3) is 4.76. The van der Waals surface area contributed by atoms with Crippen LogP contribution in [0.5, 0.6) is 0 Å². The molecule has 3 aromatic rings. The van der Waals surface area contributed by atoms with Gasteiger partial charge in [0.2, 0.25) is 0 Å². The summed E-state index contributed by atoms with van der Waals surface area (Å²) in [5, 5.41) is 7.32. The molecule has 3 nitrogen and oxygen atoms in total. The Balaban J connectivity index is 1.64. The molecule has 0 saturated carbocycles. The molecule has 0 aliphatic heterocycles. The minimum Gasteiger partial charge on any atom is -0.340 e. The van der Waals surface area contributed by atoms with Crippen molar-refractivity contribution in [2.75, 3.05) is 6.54 Å². The van der Waals surface area contributed by atoms with Crippen LogP contribution in [0.2, 0.25) is 0 Å². The molecule has 0 fully saturated rings. The molecular formula is C19H13F3N2OS2. The Labute approximate surface area is 161 Å². The highest BCUT2D eigenvalue weighted by molar-refractivity contribution is 7.17. The van der Waals surface area contributed by atoms with Gasteiger partial charge in [-0.1, -0.05) is 17.9 Å². The van der Waals surface area contributed by atoms with Crippen LogP contribution in [0.25, 0.3) is 10.6 Å². The highest BCUT2D eigenvalue weighted by Crippen LogP contribution is 2.30. The fourth-order valence-electron chi connectivity index (χ4n) is 2.24. The third-order valence-electron chi connectivity index (χ3n) is 3.53. The number of thiazole rings is 1. The zero-order valence-corrected chi connectivity index (χ0v) is 15.7. The van der Waals surface area contributed by atoms with Crippen molar-refractivity contribution in [2.45, 2.75) is 13.1 Å². The number of aromatic nitrogens is 1. The topological polar surface area (TPSA) is 42.0 Å². The number of aryl methyl sites for hydroxylation is 1. The van der Waals surface area contributed by atoms with Crippen molar-refractivity contribution >= 4 is 28.6 Å². The Morgan fingerprint density at radius 3 is 2.81 bits per heavy atom. The molecule has 0 aliphatic carbocycles. The summed E-state index contributed by atoms with van der Waals surface area (Å²) in [6.45, 7) is 1.79. The van der Waals surface area contributed by atoms with Crippen LogP contribution >= 0.6 is 22.7 Å². The summed E-state index contributed by atoms with van der Waals surface area (Å²) in [5.41, 5.74) is 1.09. The lowest BCUT2D eigenvalue weighted by Gasteiger charge is -2.05. The predicted octanol–water partition coefficient (Wildman–Crippen LogP) is 4.98. The highest BCUT2D eigenvalue weighted by atomic mass is 32.1. The van der Waals surface area contributed by atoms with Gasteiger partial charge in [-0.3, -0.25) is 4.79 Å². The van der Waals surface area contributed by atoms with E-state index in [0.29, 0.717) is 10.6 Å². The number of rotatable bonds is 3. The summed E-state index contributed by atoms with van der Waals surface area (Å²) in [5.74, 6) is 5.00. The Kier molecular flexibility index (Phi) is 5.63. The third-order valence-corrected chi connectivity index (χ3v) is 5.42. The van der Waals surface area contributed by atoms with Crippen molar-refractivity contribution in [1.29, 1.82) is 0 Å². The Hall–Kier alpha value is -2.63. The standard InChI is InChI=1S/C19H13F3N2OS2/c1-12-16(27-18(24-12)14-7-9-26-11-14)17(25)23-8-3-5-13-4-2-6-15(10-13)19(20,21)22/h2,4,6-7,9-11H,8H2,1H3,(H,23,25). The molecule has 27 heavy (non-hydrogen) atoms. The molecular weight excluding hydrogens is 393 g/mol. The van der Waals surface area contributed by atoms with Crippen LogP contribution < -0.4 is 5.32 Å². The monoisotopic (exact) mass is 406 g/mol. The SMILES string of the molecule is Cc1nc(-c2ccsc2)sc1C(=O)NCC#Cc1cccc(C(F)(F)F)c1. The first-order chi connectivity index (χ1) is 12.8. The Bertz CT molecular complexity index is 1010. The molecule has 0 unspecified atom stereocenters. The zero-order valence-electron chi connectivity index (χ0n) is 14.1. The number of halogens is 3. The van der Waals surface area contributed by atoms with Crippen LogP contribution in [0, 0.1) is 18.8 Å². The molecule has 0 saturated heterocycles. The fourth-order valence-corrected chi connectivity index (χ4v) is 3.94. The molecule has 1 N–H and O–H groups in total. The lowest BCUT2D eigenvalue weighted by atomic mass is 10.1. The van der Waals surface area contributed by atoms with Gasteiger partial charge in [-0.05, 0) is 36.6 Å². The van der Waals surface area contributed by atoms with E-state index in [0.717, 1.165) is 22.7 Å². The van der Waals surface area contributed by atoms with E-state index >= 15 is 0 Å². The van der Waals surface area contributed by atoms with Crippen LogP contribution in [0.15, 0.2) is 41.1 Å². The molecule has 0 aliphatic rings. The van der Waals surface area contributed by atoms with Crippen LogP contribution in [-0.4, -0.2) is 17.4 Å². The second kappa shape index (κ2) is 7.94. The van der Waals surface area contributed by atoms with Crippen LogP contribution in [-0.2, 0) is 6.18 Å². The van der Waals surface area contributed by atoms with Gasteiger partial charge in [-0.2, -0.15) is 24.5 Å². The summed E-state index contributed by atoms with van der Waals surface area (Å²) in [6.07, 6.45) is -4.41. The van der Waals surface area contributed by atoms with Crippen molar-refractivity contribution in [3.63, 3.8) is 0 Å². The summed E-state index contributed by atoms with van der Waals surface area (Å²) in [7, 11) is 0. The molecule has 1 amide bonds. The number of alkyl halides is 3. The van der Waals surface area contributed by atoms with E-state index in [1.807, 2.05) is 16.8 Å². The summed E-state index contributed by atoms with van der Waals surface area (Å²) >= 11 is 2.85. The Morgan fingerprint density at radius 1 is 1.30 bits per heavy atom. The number of nitrogens with zero attached hydrogens (tertiary/aromatic N) is 1. The smallest absolute Gasteiger partial charge is 0.340 e. The quantitative estimate of drug-likeness (QED) is 0.624. The van der Waals surface area contributed by atoms with Gasteiger partial charge in [0.15, 0.2) is 0 Å². The van der Waals surface area contributed by atoms with Crippen LogP contribution in [0.4, 0.5) is 13.2 Å². The number of thiophene rings is 1. The van der Waals surface area contributed by atoms with Gasteiger partial charge in [0.1, 0.15) is 9.88 Å². The molecule has 0 radical (unpaired) electrons. The lowest BCUT2D eigenvalue weighted by molar-refractivity contribution is -0.137. The molecule has 0 spiro atoms. The van der Waals surface area contributed by atoms with Crippen molar-refractivity contribution in [1.82, 2.24) is 10.3 Å². The Morgan fingerprint density at radius 2 is 2.11 bits per heavy atom. The van der Waals surface area contributed by atoms with Gasteiger partial charge in [0, 0.05) is 16.5 Å². The number of carbonyl (C=O) groups excluding carboxylic acids is 1. The van der Waals surface area contributed by atoms with Gasteiger partial charge >= 0.3 is 6.18 Å². The maximum atomic E-state index is 12.7. The second-order valence-electron chi connectivity index (χ2n) is 5.51. The predicted molar refractivity (Wildman–Crippen MR) is 101 cm³/mol. The number of amides is 1. The largest absolute Gasteiger partial charge is 0.416 e. The molecule has 0 atom stereocenters. The van der Waals surface area contributed by atoms with E-state index in [4.69, 9.17) is 0 Å². The minimum atomic E-state index is -4.41. The maximum absolute atomic E-state index is 12.7. The molecule has 8 heteroatoms. The number of carbonyl (C=O) groups is 1. The van der Waals surface area contributed by atoms with E-state index in [1.54, 1.807) is 18.3 Å². The summed E-state index contributed by atoms with van der Waals surface area (Å²) < 4.78 is 38.0. The number of nitrogens with one attached hydrogen (secondary N) is 1. The van der Waals surface area contributed by atoms with E-state index in [-0.39, 0.29) is 18.0 Å².